The number of ether oxygens (including phenoxy) is 1. The van der Waals surface area contributed by atoms with Crippen molar-refractivity contribution in [3.8, 4) is 0 Å². The first-order valence-corrected chi connectivity index (χ1v) is 6.08. The molecule has 0 aromatic carbocycles. The zero-order chi connectivity index (χ0) is 9.97. The molecule has 1 aliphatic heterocycles. The summed E-state index contributed by atoms with van der Waals surface area (Å²) >= 11 is 0. The lowest BCUT2D eigenvalue weighted by molar-refractivity contribution is 0.0215. The van der Waals surface area contributed by atoms with E-state index in [9.17, 15) is 0 Å². The molecule has 0 amide bonds. The highest BCUT2D eigenvalue weighted by Gasteiger charge is 2.28. The van der Waals surface area contributed by atoms with Crippen molar-refractivity contribution in [3.63, 3.8) is 0 Å². The second kappa shape index (κ2) is 4.63. The predicted octanol–water partition coefficient (Wildman–Crippen LogP) is 2.05. The molecule has 2 fully saturated rings. The highest BCUT2D eigenvalue weighted by Crippen LogP contribution is 2.27. The number of nitrogens with one attached hydrogen (secondary N) is 1. The molecule has 2 aliphatic rings. The fourth-order valence-corrected chi connectivity index (χ4v) is 2.50. The standard InChI is InChI=1S/C12H23NO/c1-9-3-4-12(9)13-7-11-5-6-14-8-10(11)2/h9-13H,3-8H2,1-2H3. The lowest BCUT2D eigenvalue weighted by Crippen LogP contribution is -2.46. The third-order valence-electron chi connectivity index (χ3n) is 4.08. The Bertz CT molecular complexity index is 183. The minimum atomic E-state index is 0.742. The average Bonchev–Trinajstić information content (AvgIpc) is 2.19. The summed E-state index contributed by atoms with van der Waals surface area (Å²) in [6.45, 7) is 7.81. The van der Waals surface area contributed by atoms with Gasteiger partial charge in [-0.3, -0.25) is 0 Å². The van der Waals surface area contributed by atoms with E-state index in [1.54, 1.807) is 0 Å². The molecule has 0 aromatic rings. The van der Waals surface area contributed by atoms with Crippen LogP contribution >= 0.6 is 0 Å². The molecule has 0 spiro atoms. The number of hydrogen-bond donors (Lipinski definition) is 1. The Balaban J connectivity index is 1.68. The second-order valence-corrected chi connectivity index (χ2v) is 5.17. The van der Waals surface area contributed by atoms with Gasteiger partial charge in [0.2, 0.25) is 0 Å². The van der Waals surface area contributed by atoms with E-state index in [-0.39, 0.29) is 0 Å². The Morgan fingerprint density at radius 1 is 1.14 bits per heavy atom. The van der Waals surface area contributed by atoms with E-state index in [2.05, 4.69) is 19.2 Å². The summed E-state index contributed by atoms with van der Waals surface area (Å²) in [5.74, 6) is 2.49. The van der Waals surface area contributed by atoms with Gasteiger partial charge in [-0.25, -0.2) is 0 Å². The lowest BCUT2D eigenvalue weighted by atomic mass is 9.80. The van der Waals surface area contributed by atoms with Crippen LogP contribution in [0, 0.1) is 17.8 Å². The Labute approximate surface area is 87.4 Å². The molecular weight excluding hydrogens is 174 g/mol. The summed E-state index contributed by atoms with van der Waals surface area (Å²) in [6, 6.07) is 0.810. The van der Waals surface area contributed by atoms with Crippen LogP contribution in [0.25, 0.3) is 0 Å². The molecule has 2 heteroatoms. The Morgan fingerprint density at radius 3 is 2.57 bits per heavy atom. The van der Waals surface area contributed by atoms with Gasteiger partial charge in [-0.1, -0.05) is 13.8 Å². The van der Waals surface area contributed by atoms with E-state index in [0.717, 1.165) is 37.0 Å². The molecule has 1 saturated carbocycles. The third-order valence-corrected chi connectivity index (χ3v) is 4.08. The van der Waals surface area contributed by atoms with E-state index in [1.807, 2.05) is 0 Å². The van der Waals surface area contributed by atoms with Gasteiger partial charge >= 0.3 is 0 Å². The maximum absolute atomic E-state index is 5.45. The van der Waals surface area contributed by atoms with E-state index in [1.165, 1.54) is 25.8 Å². The summed E-state index contributed by atoms with van der Waals surface area (Å²) < 4.78 is 5.45. The molecule has 4 atom stereocenters. The van der Waals surface area contributed by atoms with E-state index in [0.29, 0.717) is 0 Å². The van der Waals surface area contributed by atoms with Gasteiger partial charge in [0.15, 0.2) is 0 Å². The largest absolute Gasteiger partial charge is 0.381 e. The van der Waals surface area contributed by atoms with Crippen molar-refractivity contribution in [2.75, 3.05) is 19.8 Å². The number of rotatable bonds is 3. The zero-order valence-corrected chi connectivity index (χ0v) is 9.46. The van der Waals surface area contributed by atoms with Crippen LogP contribution in [0.15, 0.2) is 0 Å². The van der Waals surface area contributed by atoms with Crippen LogP contribution in [0.1, 0.15) is 33.1 Å². The number of hydrogen-bond acceptors (Lipinski definition) is 2. The van der Waals surface area contributed by atoms with Crippen LogP contribution < -0.4 is 5.32 Å². The zero-order valence-electron chi connectivity index (χ0n) is 9.46. The Morgan fingerprint density at radius 2 is 2.00 bits per heavy atom. The van der Waals surface area contributed by atoms with Gasteiger partial charge in [0, 0.05) is 19.3 Å². The first-order chi connectivity index (χ1) is 6.77. The maximum atomic E-state index is 5.45. The van der Waals surface area contributed by atoms with Crippen molar-refractivity contribution < 1.29 is 4.74 Å². The molecule has 0 radical (unpaired) electrons. The van der Waals surface area contributed by atoms with Crippen LogP contribution in [0.2, 0.25) is 0 Å². The second-order valence-electron chi connectivity index (χ2n) is 5.17. The van der Waals surface area contributed by atoms with Gasteiger partial charge in [-0.05, 0) is 43.6 Å². The van der Waals surface area contributed by atoms with Crippen LogP contribution in [-0.2, 0) is 4.74 Å². The summed E-state index contributed by atoms with van der Waals surface area (Å²) in [5, 5.41) is 3.71. The predicted molar refractivity (Wildman–Crippen MR) is 58.3 cm³/mol. The van der Waals surface area contributed by atoms with Gasteiger partial charge in [0.25, 0.3) is 0 Å². The quantitative estimate of drug-likeness (QED) is 0.747. The van der Waals surface area contributed by atoms with E-state index >= 15 is 0 Å². The maximum Gasteiger partial charge on any atom is 0.0494 e. The van der Waals surface area contributed by atoms with Crippen molar-refractivity contribution in [2.45, 2.75) is 39.2 Å². The normalized spacial score (nSPS) is 43.3. The molecule has 0 aromatic heterocycles. The third kappa shape index (κ3) is 2.29. The molecule has 4 unspecified atom stereocenters. The van der Waals surface area contributed by atoms with Crippen molar-refractivity contribution in [2.24, 2.45) is 17.8 Å². The van der Waals surface area contributed by atoms with Crippen molar-refractivity contribution in [1.82, 2.24) is 5.32 Å². The topological polar surface area (TPSA) is 21.3 Å². The van der Waals surface area contributed by atoms with Crippen molar-refractivity contribution in [1.29, 1.82) is 0 Å². The minimum absolute atomic E-state index is 0.742. The molecule has 2 nitrogen and oxygen atoms in total. The summed E-state index contributed by atoms with van der Waals surface area (Å²) in [5.41, 5.74) is 0. The van der Waals surface area contributed by atoms with Crippen LogP contribution in [0.5, 0.6) is 0 Å². The molecule has 1 saturated heterocycles. The van der Waals surface area contributed by atoms with Crippen LogP contribution in [-0.4, -0.2) is 25.8 Å². The van der Waals surface area contributed by atoms with Gasteiger partial charge in [0.1, 0.15) is 0 Å². The first kappa shape index (κ1) is 10.4. The summed E-state index contributed by atoms with van der Waals surface area (Å²) in [7, 11) is 0. The highest BCUT2D eigenvalue weighted by atomic mass is 16.5. The molecule has 14 heavy (non-hydrogen) atoms. The van der Waals surface area contributed by atoms with Crippen molar-refractivity contribution in [3.05, 3.63) is 0 Å². The highest BCUT2D eigenvalue weighted by molar-refractivity contribution is 4.85. The van der Waals surface area contributed by atoms with Gasteiger partial charge in [-0.15, -0.1) is 0 Å². The smallest absolute Gasteiger partial charge is 0.0494 e. The van der Waals surface area contributed by atoms with E-state index in [4.69, 9.17) is 4.74 Å². The van der Waals surface area contributed by atoms with Crippen LogP contribution in [0.3, 0.4) is 0 Å². The molecule has 82 valence electrons. The van der Waals surface area contributed by atoms with Gasteiger partial charge in [0.05, 0.1) is 0 Å². The summed E-state index contributed by atoms with van der Waals surface area (Å²) in [6.07, 6.45) is 4.05. The molecule has 1 N–H and O–H groups in total. The fraction of sp³-hybridized carbons (Fsp3) is 1.00. The fourth-order valence-electron chi connectivity index (χ4n) is 2.50. The monoisotopic (exact) mass is 197 g/mol. The van der Waals surface area contributed by atoms with E-state index < -0.39 is 0 Å². The molecule has 1 aliphatic carbocycles. The van der Waals surface area contributed by atoms with Crippen LogP contribution in [0.4, 0.5) is 0 Å². The van der Waals surface area contributed by atoms with Gasteiger partial charge in [-0.2, -0.15) is 0 Å². The minimum Gasteiger partial charge on any atom is -0.381 e. The average molecular weight is 197 g/mol. The summed E-state index contributed by atoms with van der Waals surface area (Å²) in [4.78, 5) is 0. The molecule has 1 heterocycles. The Kier molecular flexibility index (Phi) is 3.45. The molecular formula is C12H23NO. The molecule has 2 rings (SSSR count). The molecule has 0 bridgehead atoms. The SMILES string of the molecule is CC1COCCC1CNC1CCC1C. The first-order valence-electron chi connectivity index (χ1n) is 6.08. The van der Waals surface area contributed by atoms with Crippen molar-refractivity contribution >= 4 is 0 Å². The Hall–Kier alpha value is -0.0800. The van der Waals surface area contributed by atoms with Gasteiger partial charge < -0.3 is 10.1 Å². The lowest BCUT2D eigenvalue weighted by Gasteiger charge is -2.37.